The van der Waals surface area contributed by atoms with Gasteiger partial charge in [-0.1, -0.05) is 25.0 Å². The number of ether oxygens (including phenoxy) is 1. The van der Waals surface area contributed by atoms with E-state index in [1.165, 1.54) is 4.90 Å². The molecule has 0 saturated carbocycles. The topological polar surface area (TPSA) is 129 Å². The average Bonchev–Trinajstić information content (AvgIpc) is 3.24. The summed E-state index contributed by atoms with van der Waals surface area (Å²) in [7, 11) is 0. The molecule has 1 unspecified atom stereocenters. The van der Waals surface area contributed by atoms with Gasteiger partial charge in [-0.05, 0) is 67.1 Å². The Morgan fingerprint density at radius 2 is 1.87 bits per heavy atom. The molecule has 4 amide bonds. The maximum absolute atomic E-state index is 12.8. The molecule has 2 heterocycles. The lowest BCUT2D eigenvalue weighted by molar-refractivity contribution is -0.137. The van der Waals surface area contributed by atoms with Crippen LogP contribution in [-0.2, 0) is 27.3 Å². The summed E-state index contributed by atoms with van der Waals surface area (Å²) in [6.07, 6.45) is 5.41. The summed E-state index contributed by atoms with van der Waals surface area (Å²) in [5.74, 6) is -0.184. The van der Waals surface area contributed by atoms with Gasteiger partial charge in [0.25, 0.3) is 5.91 Å². The van der Waals surface area contributed by atoms with Crippen LogP contribution in [0.25, 0.3) is 0 Å². The second kappa shape index (κ2) is 12.9. The first-order valence-electron chi connectivity index (χ1n) is 13.1. The zero-order chi connectivity index (χ0) is 26.9. The molecular weight excluding hydrogens is 484 g/mol. The van der Waals surface area contributed by atoms with Gasteiger partial charge in [0.1, 0.15) is 11.8 Å². The molecule has 2 aliphatic rings. The van der Waals surface area contributed by atoms with E-state index in [0.717, 1.165) is 36.8 Å². The lowest BCUT2D eigenvalue weighted by atomic mass is 10.0. The van der Waals surface area contributed by atoms with Crippen molar-refractivity contribution in [1.29, 1.82) is 5.26 Å². The number of nitriles is 1. The van der Waals surface area contributed by atoms with Crippen LogP contribution in [-0.4, -0.2) is 47.7 Å². The van der Waals surface area contributed by atoms with Crippen molar-refractivity contribution in [2.24, 2.45) is 0 Å². The van der Waals surface area contributed by atoms with E-state index in [1.807, 2.05) is 18.2 Å². The Hall–Kier alpha value is -4.19. The number of carbonyl (C=O) groups excluding carboxylic acids is 4. The third-order valence-electron chi connectivity index (χ3n) is 6.88. The Morgan fingerprint density at radius 3 is 2.63 bits per heavy atom. The number of hydrogen-bond acceptors (Lipinski definition) is 6. The largest absolute Gasteiger partial charge is 0.494 e. The number of carbonyl (C=O) groups is 4. The Labute approximate surface area is 222 Å². The maximum atomic E-state index is 12.8. The van der Waals surface area contributed by atoms with Crippen LogP contribution in [0.15, 0.2) is 42.5 Å². The highest BCUT2D eigenvalue weighted by Crippen LogP contribution is 2.30. The van der Waals surface area contributed by atoms with Crippen molar-refractivity contribution in [1.82, 2.24) is 15.5 Å². The zero-order valence-corrected chi connectivity index (χ0v) is 21.3. The van der Waals surface area contributed by atoms with Crippen LogP contribution in [0.2, 0.25) is 0 Å². The number of aryl methyl sites for hydroxylation is 1. The van der Waals surface area contributed by atoms with Gasteiger partial charge in [0.15, 0.2) is 0 Å². The normalized spacial score (nSPS) is 16.6. The van der Waals surface area contributed by atoms with Gasteiger partial charge in [-0.2, -0.15) is 5.26 Å². The summed E-state index contributed by atoms with van der Waals surface area (Å²) in [6, 6.07) is 14.1. The first-order valence-corrected chi connectivity index (χ1v) is 13.1. The monoisotopic (exact) mass is 516 g/mol. The number of imide groups is 1. The Balaban J connectivity index is 1.08. The standard InChI is InChI=1S/C29H32N4O5/c30-18-21-7-5-20(6-8-21)9-13-26(34)31-15-3-1-2-4-16-38-23-10-11-24-22(17-23)19-33(29(24)37)25-12-14-27(35)32-28(25)36/h5-8,10-11,17,25H,1-4,9,12-16,19H2,(H,31,34)(H,32,35,36). The molecule has 0 spiro atoms. The predicted octanol–water partition coefficient (Wildman–Crippen LogP) is 3.01. The number of rotatable bonds is 12. The second-order valence-corrected chi connectivity index (χ2v) is 9.64. The summed E-state index contributed by atoms with van der Waals surface area (Å²) < 4.78 is 5.87. The van der Waals surface area contributed by atoms with Crippen molar-refractivity contribution in [3.63, 3.8) is 0 Å². The molecule has 1 fully saturated rings. The molecule has 4 rings (SSSR count). The molecule has 2 aromatic carbocycles. The molecule has 1 atom stereocenters. The van der Waals surface area contributed by atoms with E-state index in [2.05, 4.69) is 16.7 Å². The maximum Gasteiger partial charge on any atom is 0.255 e. The van der Waals surface area contributed by atoms with Crippen LogP contribution in [0, 0.1) is 11.3 Å². The molecule has 0 aliphatic carbocycles. The first kappa shape index (κ1) is 26.9. The number of piperidine rings is 1. The van der Waals surface area contributed by atoms with E-state index in [1.54, 1.807) is 24.3 Å². The van der Waals surface area contributed by atoms with E-state index in [9.17, 15) is 19.2 Å². The third kappa shape index (κ3) is 6.97. The summed E-state index contributed by atoms with van der Waals surface area (Å²) in [4.78, 5) is 49.9. The molecule has 2 aromatic rings. The highest BCUT2D eigenvalue weighted by molar-refractivity contribution is 6.05. The SMILES string of the molecule is N#Cc1ccc(CCC(=O)NCCCCCCOc2ccc3c(c2)CN(C2CCC(=O)NC2=O)C3=O)cc1. The Kier molecular flexibility index (Phi) is 9.09. The molecule has 2 aliphatic heterocycles. The minimum Gasteiger partial charge on any atom is -0.494 e. The smallest absolute Gasteiger partial charge is 0.255 e. The van der Waals surface area contributed by atoms with Crippen molar-refractivity contribution in [2.45, 2.75) is 64.0 Å². The van der Waals surface area contributed by atoms with Gasteiger partial charge < -0.3 is 15.0 Å². The summed E-state index contributed by atoms with van der Waals surface area (Å²) in [5, 5.41) is 14.1. The Bertz CT molecular complexity index is 1230. The van der Waals surface area contributed by atoms with Crippen LogP contribution in [0.5, 0.6) is 5.75 Å². The minimum absolute atomic E-state index is 0.0314. The molecule has 198 valence electrons. The van der Waals surface area contributed by atoms with Crippen LogP contribution in [0.3, 0.4) is 0 Å². The van der Waals surface area contributed by atoms with Crippen LogP contribution < -0.4 is 15.4 Å². The van der Waals surface area contributed by atoms with E-state index in [-0.39, 0.29) is 24.1 Å². The van der Waals surface area contributed by atoms with Gasteiger partial charge in [0, 0.05) is 31.5 Å². The Morgan fingerprint density at radius 1 is 1.08 bits per heavy atom. The van der Waals surface area contributed by atoms with E-state index >= 15 is 0 Å². The van der Waals surface area contributed by atoms with Gasteiger partial charge >= 0.3 is 0 Å². The molecule has 9 heteroatoms. The molecular formula is C29H32N4O5. The second-order valence-electron chi connectivity index (χ2n) is 9.64. The number of nitrogens with zero attached hydrogens (tertiary/aromatic N) is 2. The van der Waals surface area contributed by atoms with Crippen molar-refractivity contribution in [3.05, 3.63) is 64.7 Å². The number of fused-ring (bicyclic) bond motifs is 1. The van der Waals surface area contributed by atoms with Gasteiger partial charge in [-0.25, -0.2) is 0 Å². The molecule has 0 bridgehead atoms. The van der Waals surface area contributed by atoms with Gasteiger partial charge in [-0.3, -0.25) is 24.5 Å². The fraction of sp³-hybridized carbons (Fsp3) is 0.414. The number of amides is 4. The highest BCUT2D eigenvalue weighted by Gasteiger charge is 2.39. The van der Waals surface area contributed by atoms with Gasteiger partial charge in [-0.15, -0.1) is 0 Å². The zero-order valence-electron chi connectivity index (χ0n) is 21.3. The quantitative estimate of drug-likeness (QED) is 0.330. The molecule has 0 aromatic heterocycles. The number of nitrogens with one attached hydrogen (secondary N) is 2. The average molecular weight is 517 g/mol. The lowest BCUT2D eigenvalue weighted by Gasteiger charge is -2.29. The van der Waals surface area contributed by atoms with Crippen molar-refractivity contribution in [2.75, 3.05) is 13.2 Å². The van der Waals surface area contributed by atoms with E-state index in [4.69, 9.17) is 10.00 Å². The van der Waals surface area contributed by atoms with Crippen LogP contribution in [0.1, 0.15) is 72.0 Å². The van der Waals surface area contributed by atoms with Gasteiger partial charge in [0.05, 0.1) is 18.2 Å². The molecule has 2 N–H and O–H groups in total. The number of hydrogen-bond donors (Lipinski definition) is 2. The molecule has 9 nitrogen and oxygen atoms in total. The summed E-state index contributed by atoms with van der Waals surface area (Å²) in [5.41, 5.74) is 3.06. The first-order chi connectivity index (χ1) is 18.4. The third-order valence-corrected chi connectivity index (χ3v) is 6.88. The van der Waals surface area contributed by atoms with Crippen molar-refractivity contribution < 1.29 is 23.9 Å². The molecule has 0 radical (unpaired) electrons. The van der Waals surface area contributed by atoms with E-state index in [0.29, 0.717) is 55.8 Å². The van der Waals surface area contributed by atoms with Gasteiger partial charge in [0.2, 0.25) is 17.7 Å². The fourth-order valence-electron chi connectivity index (χ4n) is 4.73. The van der Waals surface area contributed by atoms with E-state index < -0.39 is 11.9 Å². The highest BCUT2D eigenvalue weighted by atomic mass is 16.5. The number of benzene rings is 2. The summed E-state index contributed by atoms with van der Waals surface area (Å²) in [6.45, 7) is 1.53. The fourth-order valence-corrected chi connectivity index (χ4v) is 4.73. The van der Waals surface area contributed by atoms with Crippen LogP contribution in [0.4, 0.5) is 0 Å². The lowest BCUT2D eigenvalue weighted by Crippen LogP contribution is -2.52. The predicted molar refractivity (Wildman–Crippen MR) is 139 cm³/mol. The van der Waals surface area contributed by atoms with Crippen LogP contribution >= 0.6 is 0 Å². The summed E-state index contributed by atoms with van der Waals surface area (Å²) >= 11 is 0. The van der Waals surface area contributed by atoms with Crippen molar-refractivity contribution >= 4 is 23.6 Å². The molecule has 38 heavy (non-hydrogen) atoms. The number of unbranched alkanes of at least 4 members (excludes halogenated alkanes) is 3. The molecule has 1 saturated heterocycles. The van der Waals surface area contributed by atoms with Crippen molar-refractivity contribution in [3.8, 4) is 11.8 Å². The minimum atomic E-state index is -0.621.